The van der Waals surface area contributed by atoms with Gasteiger partial charge < -0.3 is 30.5 Å². The highest BCUT2D eigenvalue weighted by atomic mass is 16.6. The molecule has 0 saturated heterocycles. The van der Waals surface area contributed by atoms with Crippen molar-refractivity contribution in [3.8, 4) is 17.0 Å². The van der Waals surface area contributed by atoms with Crippen LogP contribution in [0.3, 0.4) is 0 Å². The predicted molar refractivity (Wildman–Crippen MR) is 162 cm³/mol. The van der Waals surface area contributed by atoms with E-state index in [2.05, 4.69) is 26.0 Å². The molecule has 4 aromatic rings. The zero-order valence-electron chi connectivity index (χ0n) is 24.4. The Morgan fingerprint density at radius 2 is 1.81 bits per heavy atom. The van der Waals surface area contributed by atoms with E-state index < -0.39 is 17.7 Å². The normalized spacial score (nSPS) is 12.0. The van der Waals surface area contributed by atoms with Crippen molar-refractivity contribution in [3.05, 3.63) is 67.0 Å². The maximum Gasteiger partial charge on any atom is 0.407 e. The number of para-hydroxylation sites is 1. The minimum Gasteiger partial charge on any atom is -0.494 e. The van der Waals surface area contributed by atoms with Crippen molar-refractivity contribution in [2.24, 2.45) is 0 Å². The van der Waals surface area contributed by atoms with E-state index in [9.17, 15) is 9.59 Å². The largest absolute Gasteiger partial charge is 0.494 e. The van der Waals surface area contributed by atoms with Gasteiger partial charge >= 0.3 is 12.1 Å². The summed E-state index contributed by atoms with van der Waals surface area (Å²) >= 11 is 0. The third-order valence-electron chi connectivity index (χ3n) is 6.22. The molecule has 0 radical (unpaired) electrons. The topological polar surface area (TPSA) is 139 Å². The van der Waals surface area contributed by atoms with Gasteiger partial charge in [0, 0.05) is 35.9 Å². The van der Waals surface area contributed by atoms with E-state index in [1.165, 1.54) is 6.33 Å². The molecule has 0 aliphatic rings. The number of alkyl carbamates (subject to hydrolysis) is 1. The summed E-state index contributed by atoms with van der Waals surface area (Å²) in [4.78, 5) is 27.2. The van der Waals surface area contributed by atoms with Gasteiger partial charge in [-0.25, -0.2) is 14.3 Å². The summed E-state index contributed by atoms with van der Waals surface area (Å²) in [6.45, 7) is 8.36. The van der Waals surface area contributed by atoms with Gasteiger partial charge in [-0.3, -0.25) is 4.79 Å². The smallest absolute Gasteiger partial charge is 0.407 e. The highest BCUT2D eigenvalue weighted by molar-refractivity contribution is 5.82. The molecule has 0 saturated carbocycles. The number of rotatable bonds is 13. The van der Waals surface area contributed by atoms with E-state index in [4.69, 9.17) is 14.6 Å². The molecule has 1 amide bonds. The molecule has 42 heavy (non-hydrogen) atoms. The zero-order chi connectivity index (χ0) is 30.1. The first-order valence-corrected chi connectivity index (χ1v) is 14.0. The Bertz CT molecular complexity index is 1500. The van der Waals surface area contributed by atoms with Crippen LogP contribution in [0.15, 0.2) is 67.0 Å². The van der Waals surface area contributed by atoms with Gasteiger partial charge in [0.1, 0.15) is 23.2 Å². The molecule has 2 aromatic carbocycles. The van der Waals surface area contributed by atoms with Crippen molar-refractivity contribution in [3.63, 3.8) is 0 Å². The number of anilines is 3. The molecule has 11 heteroatoms. The first kappa shape index (κ1) is 30.2. The number of benzene rings is 2. The molecule has 4 N–H and O–H groups in total. The summed E-state index contributed by atoms with van der Waals surface area (Å²) in [6.07, 6.45) is 2.34. The number of aliphatic carboxylic acids is 1. The third-order valence-corrected chi connectivity index (χ3v) is 6.22. The van der Waals surface area contributed by atoms with E-state index in [1.807, 2.05) is 92.9 Å². The quantitative estimate of drug-likeness (QED) is 0.140. The number of carboxylic acids is 1. The average molecular weight is 575 g/mol. The molecule has 11 nitrogen and oxygen atoms in total. The van der Waals surface area contributed by atoms with Gasteiger partial charge in [-0.2, -0.15) is 5.10 Å². The fourth-order valence-corrected chi connectivity index (χ4v) is 4.28. The number of nitrogens with zero attached hydrogens (tertiary/aromatic N) is 3. The lowest BCUT2D eigenvalue weighted by molar-refractivity contribution is -0.137. The summed E-state index contributed by atoms with van der Waals surface area (Å²) in [5.74, 6) is 0.564. The number of aromatic nitrogens is 3. The van der Waals surface area contributed by atoms with Gasteiger partial charge in [0.2, 0.25) is 0 Å². The van der Waals surface area contributed by atoms with E-state index in [1.54, 1.807) is 0 Å². The Morgan fingerprint density at radius 1 is 1.05 bits per heavy atom. The number of amides is 1. The van der Waals surface area contributed by atoms with Crippen molar-refractivity contribution < 1.29 is 24.2 Å². The zero-order valence-corrected chi connectivity index (χ0v) is 24.4. The minimum absolute atomic E-state index is 0.0128. The molecule has 0 aliphatic carbocycles. The predicted octanol–water partition coefficient (Wildman–Crippen LogP) is 6.10. The van der Waals surface area contributed by atoms with E-state index in [0.717, 1.165) is 33.9 Å². The summed E-state index contributed by atoms with van der Waals surface area (Å²) < 4.78 is 12.9. The highest BCUT2D eigenvalue weighted by Gasteiger charge is 2.16. The van der Waals surface area contributed by atoms with Crippen LogP contribution in [0.4, 0.5) is 22.0 Å². The van der Waals surface area contributed by atoms with Gasteiger partial charge in [-0.15, -0.1) is 0 Å². The summed E-state index contributed by atoms with van der Waals surface area (Å²) in [5, 5.41) is 23.0. The first-order chi connectivity index (χ1) is 20.1. The number of carboxylic acid groups (broad SMARTS) is 1. The van der Waals surface area contributed by atoms with Crippen molar-refractivity contribution in [1.82, 2.24) is 19.9 Å². The van der Waals surface area contributed by atoms with Crippen LogP contribution in [0, 0.1) is 0 Å². The molecule has 0 fully saturated rings. The van der Waals surface area contributed by atoms with E-state index >= 15 is 0 Å². The number of fused-ring (bicyclic) bond motifs is 1. The third kappa shape index (κ3) is 8.60. The molecule has 0 bridgehead atoms. The highest BCUT2D eigenvalue weighted by Crippen LogP contribution is 2.32. The molecule has 1 atom stereocenters. The van der Waals surface area contributed by atoms with Crippen LogP contribution in [0.1, 0.15) is 47.0 Å². The molecular formula is C31H38N6O5. The standard InChI is InChI=1S/C31H38N6O5/c1-21(10-17-28(38)39)35-25-9-6-5-8-24(25)26-15-16-27-29(33-20-34-37(26)27)36-22-11-13-23(14-12-22)41-19-7-18-32-30(40)42-31(2,3)4/h5-6,8-9,11-16,20-21,35H,7,10,17-19H2,1-4H3,(H,32,40)(H,38,39)(H,33,34,36). The Balaban J connectivity index is 1.37. The molecule has 4 rings (SSSR count). The second-order valence-electron chi connectivity index (χ2n) is 10.9. The lowest BCUT2D eigenvalue weighted by Crippen LogP contribution is -2.33. The van der Waals surface area contributed by atoms with Gasteiger partial charge in [0.25, 0.3) is 0 Å². The van der Waals surface area contributed by atoms with Crippen LogP contribution in [0.25, 0.3) is 16.8 Å². The molecule has 222 valence electrons. The average Bonchev–Trinajstić information content (AvgIpc) is 3.37. The number of nitrogens with one attached hydrogen (secondary N) is 3. The molecule has 0 aliphatic heterocycles. The Kier molecular flexibility index (Phi) is 9.85. The number of ether oxygens (including phenoxy) is 2. The number of carbonyl (C=O) groups is 2. The van der Waals surface area contributed by atoms with Crippen LogP contribution in [0.5, 0.6) is 5.75 Å². The van der Waals surface area contributed by atoms with Crippen molar-refractivity contribution in [1.29, 1.82) is 0 Å². The van der Waals surface area contributed by atoms with Crippen LogP contribution in [-0.2, 0) is 9.53 Å². The number of carbonyl (C=O) groups excluding carboxylic acids is 1. The molecule has 1 unspecified atom stereocenters. The van der Waals surface area contributed by atoms with Crippen molar-refractivity contribution in [2.45, 2.75) is 58.6 Å². The number of hydrogen-bond donors (Lipinski definition) is 4. The van der Waals surface area contributed by atoms with Crippen molar-refractivity contribution in [2.75, 3.05) is 23.8 Å². The second-order valence-corrected chi connectivity index (χ2v) is 10.9. The van der Waals surface area contributed by atoms with Crippen molar-refractivity contribution >= 4 is 34.8 Å². The summed E-state index contributed by atoms with van der Waals surface area (Å²) in [6, 6.07) is 19.4. The fourth-order valence-electron chi connectivity index (χ4n) is 4.28. The Hall–Kier alpha value is -4.80. The Labute approximate surface area is 245 Å². The molecule has 0 spiro atoms. The number of hydrogen-bond acceptors (Lipinski definition) is 8. The van der Waals surface area contributed by atoms with Crippen LogP contribution < -0.4 is 20.7 Å². The van der Waals surface area contributed by atoms with Crippen LogP contribution in [-0.4, -0.2) is 56.6 Å². The van der Waals surface area contributed by atoms with E-state index in [-0.39, 0.29) is 12.5 Å². The van der Waals surface area contributed by atoms with E-state index in [0.29, 0.717) is 31.8 Å². The van der Waals surface area contributed by atoms with Gasteiger partial charge in [0.05, 0.1) is 12.3 Å². The van der Waals surface area contributed by atoms with Gasteiger partial charge in [-0.1, -0.05) is 18.2 Å². The SMILES string of the molecule is CC(CCC(=O)O)Nc1ccccc1-c1ccc2c(Nc3ccc(OCCCNC(=O)OC(C)(C)C)cc3)ncnn12. The van der Waals surface area contributed by atoms with Crippen LogP contribution >= 0.6 is 0 Å². The summed E-state index contributed by atoms with van der Waals surface area (Å²) in [7, 11) is 0. The van der Waals surface area contributed by atoms with Crippen LogP contribution in [0.2, 0.25) is 0 Å². The lowest BCUT2D eigenvalue weighted by atomic mass is 10.1. The fraction of sp³-hybridized carbons (Fsp3) is 0.355. The lowest BCUT2D eigenvalue weighted by Gasteiger charge is -2.19. The van der Waals surface area contributed by atoms with Gasteiger partial charge in [-0.05, 0) is 83.0 Å². The first-order valence-electron chi connectivity index (χ1n) is 14.0. The monoisotopic (exact) mass is 574 g/mol. The minimum atomic E-state index is -0.807. The molecule has 2 heterocycles. The second kappa shape index (κ2) is 13.7. The Morgan fingerprint density at radius 3 is 2.55 bits per heavy atom. The maximum atomic E-state index is 11.7. The molecular weight excluding hydrogens is 536 g/mol. The summed E-state index contributed by atoms with van der Waals surface area (Å²) in [5.41, 5.74) is 3.86. The van der Waals surface area contributed by atoms with Gasteiger partial charge in [0.15, 0.2) is 5.82 Å². The maximum absolute atomic E-state index is 11.7. The molecule has 2 aromatic heterocycles.